The van der Waals surface area contributed by atoms with Crippen molar-refractivity contribution in [1.82, 2.24) is 0 Å². The van der Waals surface area contributed by atoms with E-state index in [1.54, 1.807) is 25.7 Å². The maximum atomic E-state index is 13.4. The summed E-state index contributed by atoms with van der Waals surface area (Å²) in [5.74, 6) is -1.55. The molecule has 0 fully saturated rings. The van der Waals surface area contributed by atoms with Crippen LogP contribution in [0.3, 0.4) is 0 Å². The summed E-state index contributed by atoms with van der Waals surface area (Å²) < 4.78 is 0. The summed E-state index contributed by atoms with van der Waals surface area (Å²) in [7, 11) is 0. The van der Waals surface area contributed by atoms with Crippen LogP contribution in [0.1, 0.15) is 26.3 Å². The minimum absolute atomic E-state index is 0.244. The number of carbonyl (C=O) groups is 2. The van der Waals surface area contributed by atoms with Gasteiger partial charge in [-0.15, -0.1) is 0 Å². The molecule has 0 N–H and O–H groups in total. The van der Waals surface area contributed by atoms with Crippen LogP contribution >= 0.6 is 0 Å². The fourth-order valence-electron chi connectivity index (χ4n) is 3.21. The van der Waals surface area contributed by atoms with Crippen LogP contribution in [0.4, 0.5) is 5.69 Å². The van der Waals surface area contributed by atoms with E-state index in [-0.39, 0.29) is 11.7 Å². The van der Waals surface area contributed by atoms with E-state index in [2.05, 4.69) is 5.16 Å². The average Bonchev–Trinajstić information content (AvgIpc) is 2.70. The number of carbonyl (C=O) groups excluding carboxylic acids is 2. The van der Waals surface area contributed by atoms with Gasteiger partial charge in [0.25, 0.3) is 0 Å². The van der Waals surface area contributed by atoms with E-state index in [9.17, 15) is 9.59 Å². The minimum atomic E-state index is -0.982. The zero-order chi connectivity index (χ0) is 19.4. The van der Waals surface area contributed by atoms with Crippen molar-refractivity contribution in [1.29, 1.82) is 0 Å². The number of hydrogen-bond donors (Lipinski definition) is 0. The van der Waals surface area contributed by atoms with Crippen LogP contribution in [0.5, 0.6) is 0 Å². The van der Waals surface area contributed by atoms with Gasteiger partial charge in [-0.2, -0.15) is 0 Å². The lowest BCUT2D eigenvalue weighted by Gasteiger charge is -2.34. The van der Waals surface area contributed by atoms with Crippen LogP contribution < -0.4 is 4.90 Å². The van der Waals surface area contributed by atoms with Crippen molar-refractivity contribution in [2.24, 2.45) is 11.1 Å². The summed E-state index contributed by atoms with van der Waals surface area (Å²) in [6.45, 7) is 5.59. The Kier molecular flexibility index (Phi) is 5.50. The van der Waals surface area contributed by atoms with E-state index in [1.807, 2.05) is 60.7 Å². The van der Waals surface area contributed by atoms with E-state index in [4.69, 9.17) is 4.84 Å². The summed E-state index contributed by atoms with van der Waals surface area (Å²) in [4.78, 5) is 33.2. The number of hydrogen-bond acceptors (Lipinski definition) is 4. The first-order valence-electron chi connectivity index (χ1n) is 8.92. The molecule has 0 radical (unpaired) electrons. The number of oxime groups is 1. The Morgan fingerprint density at radius 1 is 1.04 bits per heavy atom. The molecule has 0 saturated heterocycles. The van der Waals surface area contributed by atoms with Gasteiger partial charge in [-0.3, -0.25) is 14.5 Å². The number of rotatable bonds is 5. The van der Waals surface area contributed by atoms with Gasteiger partial charge in [-0.1, -0.05) is 53.7 Å². The minimum Gasteiger partial charge on any atom is -0.396 e. The number of benzene rings is 2. The third kappa shape index (κ3) is 3.53. The van der Waals surface area contributed by atoms with E-state index in [0.29, 0.717) is 29.3 Å². The molecule has 1 unspecified atom stereocenters. The van der Waals surface area contributed by atoms with Crippen molar-refractivity contribution in [2.75, 3.05) is 11.5 Å². The zero-order valence-corrected chi connectivity index (χ0v) is 15.7. The van der Waals surface area contributed by atoms with Gasteiger partial charge in [0.1, 0.15) is 12.5 Å². The SMILES string of the molecule is CCO/N=C(/C)C1C(=O)C(C)=C(c2ccccc2)N(c2ccccc2)C1=O. The fourth-order valence-corrected chi connectivity index (χ4v) is 3.21. The lowest BCUT2D eigenvalue weighted by molar-refractivity contribution is -0.128. The van der Waals surface area contributed by atoms with Crippen LogP contribution in [0, 0.1) is 5.92 Å². The molecule has 2 aromatic carbocycles. The molecule has 1 heterocycles. The second-order valence-electron chi connectivity index (χ2n) is 6.30. The molecule has 5 heteroatoms. The standard InChI is InChI=1S/C22H22N2O3/c1-4-27-23-16(3)19-21(25)15(2)20(17-11-7-5-8-12-17)24(22(19)26)18-13-9-6-10-14-18/h5-14,19H,4H2,1-3H3/b23-16-. The lowest BCUT2D eigenvalue weighted by atomic mass is 9.85. The van der Waals surface area contributed by atoms with Gasteiger partial charge in [0.15, 0.2) is 5.78 Å². The van der Waals surface area contributed by atoms with Gasteiger partial charge in [0.2, 0.25) is 5.91 Å². The van der Waals surface area contributed by atoms with Crippen LogP contribution in [0.25, 0.3) is 5.70 Å². The van der Waals surface area contributed by atoms with E-state index < -0.39 is 5.92 Å². The molecule has 5 nitrogen and oxygen atoms in total. The molecule has 1 aliphatic rings. The molecule has 1 amide bonds. The van der Waals surface area contributed by atoms with Crippen molar-refractivity contribution >= 4 is 28.8 Å². The molecule has 0 saturated carbocycles. The van der Waals surface area contributed by atoms with Crippen LogP contribution in [-0.2, 0) is 14.4 Å². The van der Waals surface area contributed by atoms with Gasteiger partial charge in [-0.05, 0) is 38.5 Å². The first-order valence-corrected chi connectivity index (χ1v) is 8.92. The van der Waals surface area contributed by atoms with Gasteiger partial charge in [-0.25, -0.2) is 0 Å². The Hall–Kier alpha value is -3.21. The number of allylic oxidation sites excluding steroid dienone is 1. The highest BCUT2D eigenvalue weighted by Gasteiger charge is 2.42. The molecule has 0 aromatic heterocycles. The smallest absolute Gasteiger partial charge is 0.248 e. The second-order valence-corrected chi connectivity index (χ2v) is 6.30. The van der Waals surface area contributed by atoms with E-state index in [0.717, 1.165) is 5.56 Å². The van der Waals surface area contributed by atoms with Crippen molar-refractivity contribution < 1.29 is 14.4 Å². The first-order chi connectivity index (χ1) is 13.1. The van der Waals surface area contributed by atoms with Crippen LogP contribution in [0.2, 0.25) is 0 Å². The molecule has 1 atom stereocenters. The molecule has 1 aliphatic heterocycles. The van der Waals surface area contributed by atoms with Gasteiger partial charge < -0.3 is 4.84 Å². The number of anilines is 1. The number of nitrogens with zero attached hydrogens (tertiary/aromatic N) is 2. The number of Topliss-reactive ketones (excluding diaryl/α,β-unsaturated/α-hetero) is 1. The quantitative estimate of drug-likeness (QED) is 0.458. The molecule has 0 bridgehead atoms. The van der Waals surface area contributed by atoms with Crippen molar-refractivity contribution in [3.63, 3.8) is 0 Å². The fraction of sp³-hybridized carbons (Fsp3) is 0.227. The molecular weight excluding hydrogens is 340 g/mol. The molecule has 3 rings (SSSR count). The maximum absolute atomic E-state index is 13.4. The Labute approximate surface area is 158 Å². The van der Waals surface area contributed by atoms with E-state index in [1.165, 1.54) is 0 Å². The number of ketones is 1. The first kappa shape index (κ1) is 18.6. The number of amides is 1. The third-order valence-electron chi connectivity index (χ3n) is 4.49. The highest BCUT2D eigenvalue weighted by Crippen LogP contribution is 2.36. The summed E-state index contributed by atoms with van der Waals surface area (Å²) in [6.07, 6.45) is 0. The molecule has 2 aromatic rings. The molecule has 0 spiro atoms. The summed E-state index contributed by atoms with van der Waals surface area (Å²) in [6, 6.07) is 18.8. The van der Waals surface area contributed by atoms with Crippen molar-refractivity contribution in [2.45, 2.75) is 20.8 Å². The van der Waals surface area contributed by atoms with Gasteiger partial charge >= 0.3 is 0 Å². The maximum Gasteiger partial charge on any atom is 0.248 e. The molecule has 27 heavy (non-hydrogen) atoms. The largest absolute Gasteiger partial charge is 0.396 e. The highest BCUT2D eigenvalue weighted by atomic mass is 16.6. The van der Waals surface area contributed by atoms with Crippen LogP contribution in [0.15, 0.2) is 71.4 Å². The third-order valence-corrected chi connectivity index (χ3v) is 4.49. The Morgan fingerprint density at radius 2 is 1.63 bits per heavy atom. The van der Waals surface area contributed by atoms with E-state index >= 15 is 0 Å². The van der Waals surface area contributed by atoms with Gasteiger partial charge in [0.05, 0.1) is 11.4 Å². The summed E-state index contributed by atoms with van der Waals surface area (Å²) in [5.41, 5.74) is 3.03. The zero-order valence-electron chi connectivity index (χ0n) is 15.7. The lowest BCUT2D eigenvalue weighted by Crippen LogP contribution is -2.47. The summed E-state index contributed by atoms with van der Waals surface area (Å²) in [5, 5.41) is 3.95. The predicted octanol–water partition coefficient (Wildman–Crippen LogP) is 4.06. The predicted molar refractivity (Wildman–Crippen MR) is 106 cm³/mol. The Morgan fingerprint density at radius 3 is 2.22 bits per heavy atom. The normalized spacial score (nSPS) is 18.1. The van der Waals surface area contributed by atoms with Gasteiger partial charge in [0, 0.05) is 11.3 Å². The van der Waals surface area contributed by atoms with Crippen molar-refractivity contribution in [3.05, 3.63) is 71.8 Å². The summed E-state index contributed by atoms with van der Waals surface area (Å²) >= 11 is 0. The number of para-hydroxylation sites is 1. The Balaban J connectivity index is 2.19. The topological polar surface area (TPSA) is 59.0 Å². The average molecular weight is 362 g/mol. The molecule has 0 aliphatic carbocycles. The highest BCUT2D eigenvalue weighted by molar-refractivity contribution is 6.34. The molecular formula is C22H22N2O3. The van der Waals surface area contributed by atoms with Crippen LogP contribution in [-0.4, -0.2) is 24.0 Å². The van der Waals surface area contributed by atoms with Crippen molar-refractivity contribution in [3.8, 4) is 0 Å². The monoisotopic (exact) mass is 362 g/mol. The Bertz CT molecular complexity index is 902. The second kappa shape index (κ2) is 7.99. The molecule has 138 valence electrons.